The standard InChI is InChI=1S/C16H21N3O/c1-12-15(13(2)20-18-12)10-19-9-8-17-16(11-19)14-6-4-3-5-7-14/h3-7,16-17H,8-11H2,1-2H3. The number of nitrogens with one attached hydrogen (secondary N) is 1. The second-order valence-electron chi connectivity index (χ2n) is 5.46. The molecule has 0 amide bonds. The normalized spacial score (nSPS) is 20.2. The molecule has 1 aromatic carbocycles. The van der Waals surface area contributed by atoms with Crippen LogP contribution in [-0.2, 0) is 6.54 Å². The van der Waals surface area contributed by atoms with Crippen molar-refractivity contribution in [1.29, 1.82) is 0 Å². The maximum absolute atomic E-state index is 5.26. The molecular weight excluding hydrogens is 250 g/mol. The lowest BCUT2D eigenvalue weighted by molar-refractivity contribution is 0.192. The Morgan fingerprint density at radius 3 is 2.80 bits per heavy atom. The predicted molar refractivity (Wildman–Crippen MR) is 78.4 cm³/mol. The van der Waals surface area contributed by atoms with Crippen LogP contribution >= 0.6 is 0 Å². The first-order valence-corrected chi connectivity index (χ1v) is 7.16. The first-order valence-electron chi connectivity index (χ1n) is 7.16. The smallest absolute Gasteiger partial charge is 0.138 e. The van der Waals surface area contributed by atoms with Crippen LogP contribution in [0.15, 0.2) is 34.9 Å². The molecule has 0 aliphatic carbocycles. The van der Waals surface area contributed by atoms with Crippen molar-refractivity contribution in [3.8, 4) is 0 Å². The number of benzene rings is 1. The second kappa shape index (κ2) is 5.77. The van der Waals surface area contributed by atoms with Crippen LogP contribution in [0.4, 0.5) is 0 Å². The fraction of sp³-hybridized carbons (Fsp3) is 0.438. The molecule has 1 atom stereocenters. The van der Waals surface area contributed by atoms with Gasteiger partial charge in [0.25, 0.3) is 0 Å². The highest BCUT2D eigenvalue weighted by Gasteiger charge is 2.22. The van der Waals surface area contributed by atoms with Gasteiger partial charge >= 0.3 is 0 Å². The van der Waals surface area contributed by atoms with Crippen LogP contribution in [0.3, 0.4) is 0 Å². The molecule has 0 spiro atoms. The minimum atomic E-state index is 0.408. The molecule has 0 radical (unpaired) electrons. The summed E-state index contributed by atoms with van der Waals surface area (Å²) in [4.78, 5) is 2.47. The lowest BCUT2D eigenvalue weighted by Gasteiger charge is -2.33. The Morgan fingerprint density at radius 2 is 2.10 bits per heavy atom. The fourth-order valence-corrected chi connectivity index (χ4v) is 2.81. The summed E-state index contributed by atoms with van der Waals surface area (Å²) in [7, 11) is 0. The van der Waals surface area contributed by atoms with E-state index >= 15 is 0 Å². The van der Waals surface area contributed by atoms with Gasteiger partial charge in [-0.2, -0.15) is 0 Å². The number of hydrogen-bond donors (Lipinski definition) is 1. The molecular formula is C16H21N3O. The third-order valence-corrected chi connectivity index (χ3v) is 4.02. The topological polar surface area (TPSA) is 41.3 Å². The zero-order valence-electron chi connectivity index (χ0n) is 12.1. The van der Waals surface area contributed by atoms with Crippen LogP contribution in [0.2, 0.25) is 0 Å². The van der Waals surface area contributed by atoms with Gasteiger partial charge in [0.05, 0.1) is 5.69 Å². The first-order chi connectivity index (χ1) is 9.74. The molecule has 1 fully saturated rings. The second-order valence-corrected chi connectivity index (χ2v) is 5.46. The highest BCUT2D eigenvalue weighted by atomic mass is 16.5. The lowest BCUT2D eigenvalue weighted by Crippen LogP contribution is -2.45. The number of nitrogens with zero attached hydrogens (tertiary/aromatic N) is 2. The highest BCUT2D eigenvalue weighted by Crippen LogP contribution is 2.20. The molecule has 0 bridgehead atoms. The van der Waals surface area contributed by atoms with Crippen molar-refractivity contribution < 1.29 is 4.52 Å². The van der Waals surface area contributed by atoms with Gasteiger partial charge in [-0.05, 0) is 19.4 Å². The maximum Gasteiger partial charge on any atom is 0.138 e. The summed E-state index contributed by atoms with van der Waals surface area (Å²) in [5.74, 6) is 0.942. The van der Waals surface area contributed by atoms with Crippen molar-refractivity contribution in [1.82, 2.24) is 15.4 Å². The van der Waals surface area contributed by atoms with Crippen LogP contribution in [0.5, 0.6) is 0 Å². The Morgan fingerprint density at radius 1 is 1.30 bits per heavy atom. The van der Waals surface area contributed by atoms with Crippen molar-refractivity contribution in [2.45, 2.75) is 26.4 Å². The molecule has 1 aromatic heterocycles. The van der Waals surface area contributed by atoms with Gasteiger partial charge in [0.15, 0.2) is 0 Å². The van der Waals surface area contributed by atoms with Gasteiger partial charge in [-0.1, -0.05) is 35.5 Å². The van der Waals surface area contributed by atoms with Crippen molar-refractivity contribution in [3.05, 3.63) is 52.9 Å². The highest BCUT2D eigenvalue weighted by molar-refractivity contribution is 5.22. The summed E-state index contributed by atoms with van der Waals surface area (Å²) in [5, 5.41) is 7.64. The van der Waals surface area contributed by atoms with Crippen LogP contribution < -0.4 is 5.32 Å². The Labute approximate surface area is 119 Å². The molecule has 1 unspecified atom stereocenters. The van der Waals surface area contributed by atoms with E-state index in [0.29, 0.717) is 6.04 Å². The SMILES string of the molecule is Cc1noc(C)c1CN1CCNC(c2ccccc2)C1. The van der Waals surface area contributed by atoms with Gasteiger partial charge in [-0.25, -0.2) is 0 Å². The molecule has 0 saturated carbocycles. The molecule has 4 heteroatoms. The molecule has 20 heavy (non-hydrogen) atoms. The van der Waals surface area contributed by atoms with Gasteiger partial charge in [0, 0.05) is 37.8 Å². The summed E-state index contributed by atoms with van der Waals surface area (Å²) in [5.41, 5.74) is 3.60. The van der Waals surface area contributed by atoms with Crippen LogP contribution in [0, 0.1) is 13.8 Å². The van der Waals surface area contributed by atoms with E-state index in [1.165, 1.54) is 11.1 Å². The number of hydrogen-bond acceptors (Lipinski definition) is 4. The monoisotopic (exact) mass is 271 g/mol. The molecule has 4 nitrogen and oxygen atoms in total. The van der Waals surface area contributed by atoms with Crippen molar-refractivity contribution >= 4 is 0 Å². The summed E-state index contributed by atoms with van der Waals surface area (Å²) in [6.45, 7) is 8.03. The van der Waals surface area contributed by atoms with E-state index in [1.54, 1.807) is 0 Å². The number of rotatable bonds is 3. The Balaban J connectivity index is 1.70. The van der Waals surface area contributed by atoms with Crippen LogP contribution in [-0.4, -0.2) is 29.7 Å². The summed E-state index contributed by atoms with van der Waals surface area (Å²) in [6, 6.07) is 11.1. The molecule has 1 aliphatic rings. The predicted octanol–water partition coefficient (Wildman–Crippen LogP) is 2.44. The minimum Gasteiger partial charge on any atom is -0.361 e. The van der Waals surface area contributed by atoms with E-state index in [9.17, 15) is 0 Å². The van der Waals surface area contributed by atoms with E-state index in [0.717, 1.165) is 37.6 Å². The van der Waals surface area contributed by atoms with Gasteiger partial charge < -0.3 is 9.84 Å². The third kappa shape index (κ3) is 2.76. The molecule has 1 aliphatic heterocycles. The van der Waals surface area contributed by atoms with Crippen LogP contribution in [0.1, 0.15) is 28.6 Å². The van der Waals surface area contributed by atoms with Gasteiger partial charge in [-0.3, -0.25) is 4.90 Å². The van der Waals surface area contributed by atoms with E-state index in [-0.39, 0.29) is 0 Å². The van der Waals surface area contributed by atoms with Crippen molar-refractivity contribution in [3.63, 3.8) is 0 Å². The number of piperazine rings is 1. The summed E-state index contributed by atoms with van der Waals surface area (Å²) < 4.78 is 5.26. The largest absolute Gasteiger partial charge is 0.361 e. The molecule has 1 N–H and O–H groups in total. The zero-order valence-corrected chi connectivity index (χ0v) is 12.1. The van der Waals surface area contributed by atoms with E-state index in [4.69, 9.17) is 4.52 Å². The van der Waals surface area contributed by atoms with Gasteiger partial charge in [0.2, 0.25) is 0 Å². The summed E-state index contributed by atoms with van der Waals surface area (Å²) >= 11 is 0. The van der Waals surface area contributed by atoms with E-state index in [1.807, 2.05) is 13.8 Å². The average molecular weight is 271 g/mol. The lowest BCUT2D eigenvalue weighted by atomic mass is 10.0. The third-order valence-electron chi connectivity index (χ3n) is 4.02. The molecule has 2 aromatic rings. The molecule has 1 saturated heterocycles. The van der Waals surface area contributed by atoms with Gasteiger partial charge in [0.1, 0.15) is 5.76 Å². The Bertz CT molecular complexity index is 545. The fourth-order valence-electron chi connectivity index (χ4n) is 2.81. The zero-order chi connectivity index (χ0) is 13.9. The van der Waals surface area contributed by atoms with Gasteiger partial charge in [-0.15, -0.1) is 0 Å². The van der Waals surface area contributed by atoms with Crippen LogP contribution in [0.25, 0.3) is 0 Å². The summed E-state index contributed by atoms with van der Waals surface area (Å²) in [6.07, 6.45) is 0. The first kappa shape index (κ1) is 13.3. The molecule has 3 rings (SSSR count). The quantitative estimate of drug-likeness (QED) is 0.931. The van der Waals surface area contributed by atoms with E-state index in [2.05, 4.69) is 45.7 Å². The number of aromatic nitrogens is 1. The Hall–Kier alpha value is -1.65. The Kier molecular flexibility index (Phi) is 3.85. The minimum absolute atomic E-state index is 0.408. The molecule has 2 heterocycles. The van der Waals surface area contributed by atoms with E-state index < -0.39 is 0 Å². The van der Waals surface area contributed by atoms with Crippen molar-refractivity contribution in [2.24, 2.45) is 0 Å². The average Bonchev–Trinajstić information content (AvgIpc) is 2.80. The van der Waals surface area contributed by atoms with Crippen molar-refractivity contribution in [2.75, 3.05) is 19.6 Å². The number of aryl methyl sites for hydroxylation is 2. The maximum atomic E-state index is 5.26. The molecule has 106 valence electrons.